The summed E-state index contributed by atoms with van der Waals surface area (Å²) in [6, 6.07) is 7.22. The van der Waals surface area contributed by atoms with Crippen LogP contribution in [0.3, 0.4) is 0 Å². The van der Waals surface area contributed by atoms with Crippen LogP contribution in [-0.2, 0) is 6.42 Å². The van der Waals surface area contributed by atoms with Gasteiger partial charge in [-0.3, -0.25) is 14.9 Å². The number of unbranched alkanes of at least 4 members (excludes halogenated alkanes) is 1. The SMILES string of the molecule is CCCCc1cc(Cl)c2cccc3c2c1C(=O)NC3=O. The Labute approximate surface area is 121 Å². The van der Waals surface area contributed by atoms with Crippen molar-refractivity contribution in [1.29, 1.82) is 0 Å². The van der Waals surface area contributed by atoms with Gasteiger partial charge in [0, 0.05) is 21.4 Å². The van der Waals surface area contributed by atoms with Crippen LogP contribution in [-0.4, -0.2) is 11.8 Å². The first kappa shape index (κ1) is 13.1. The van der Waals surface area contributed by atoms with Crippen molar-refractivity contribution in [3.8, 4) is 0 Å². The van der Waals surface area contributed by atoms with E-state index in [1.165, 1.54) is 0 Å². The third-order valence-electron chi connectivity index (χ3n) is 3.69. The molecule has 0 fully saturated rings. The summed E-state index contributed by atoms with van der Waals surface area (Å²) in [6.45, 7) is 2.10. The molecule has 102 valence electrons. The van der Waals surface area contributed by atoms with Crippen LogP contribution in [0, 0.1) is 0 Å². The maximum absolute atomic E-state index is 12.2. The Morgan fingerprint density at radius 1 is 1.20 bits per heavy atom. The van der Waals surface area contributed by atoms with Gasteiger partial charge >= 0.3 is 0 Å². The van der Waals surface area contributed by atoms with Gasteiger partial charge in [0.1, 0.15) is 0 Å². The highest BCUT2D eigenvalue weighted by Crippen LogP contribution is 2.34. The molecule has 4 heteroatoms. The fourth-order valence-corrected chi connectivity index (χ4v) is 3.02. The zero-order valence-electron chi connectivity index (χ0n) is 11.1. The Hall–Kier alpha value is -1.87. The number of nitrogens with one attached hydrogen (secondary N) is 1. The van der Waals surface area contributed by atoms with E-state index in [0.717, 1.165) is 30.2 Å². The molecule has 3 rings (SSSR count). The van der Waals surface area contributed by atoms with Crippen molar-refractivity contribution >= 4 is 34.2 Å². The Morgan fingerprint density at radius 3 is 2.75 bits per heavy atom. The summed E-state index contributed by atoms with van der Waals surface area (Å²) in [4.78, 5) is 24.1. The first-order chi connectivity index (χ1) is 9.63. The number of carbonyl (C=O) groups is 2. The van der Waals surface area contributed by atoms with E-state index >= 15 is 0 Å². The fraction of sp³-hybridized carbons (Fsp3) is 0.250. The van der Waals surface area contributed by atoms with E-state index in [-0.39, 0.29) is 11.8 Å². The highest BCUT2D eigenvalue weighted by Gasteiger charge is 2.28. The Bertz CT molecular complexity index is 737. The normalized spacial score (nSPS) is 13.7. The van der Waals surface area contributed by atoms with Crippen LogP contribution in [0.4, 0.5) is 0 Å². The molecule has 20 heavy (non-hydrogen) atoms. The van der Waals surface area contributed by atoms with Crippen LogP contribution in [0.1, 0.15) is 46.0 Å². The third-order valence-corrected chi connectivity index (χ3v) is 4.00. The second kappa shape index (κ2) is 4.91. The number of rotatable bonds is 3. The van der Waals surface area contributed by atoms with E-state index in [4.69, 9.17) is 11.6 Å². The number of aryl methyl sites for hydroxylation is 1. The van der Waals surface area contributed by atoms with Crippen LogP contribution in [0.15, 0.2) is 24.3 Å². The zero-order valence-corrected chi connectivity index (χ0v) is 11.9. The first-order valence-corrected chi connectivity index (χ1v) is 7.11. The molecule has 0 unspecified atom stereocenters. The van der Waals surface area contributed by atoms with E-state index in [2.05, 4.69) is 12.2 Å². The van der Waals surface area contributed by atoms with E-state index in [9.17, 15) is 9.59 Å². The summed E-state index contributed by atoms with van der Waals surface area (Å²) in [5.74, 6) is -0.668. The van der Waals surface area contributed by atoms with Crippen LogP contribution in [0.5, 0.6) is 0 Å². The lowest BCUT2D eigenvalue weighted by molar-refractivity contribution is 0.0844. The monoisotopic (exact) mass is 287 g/mol. The Kier molecular flexibility index (Phi) is 3.22. The number of hydrogen-bond donors (Lipinski definition) is 1. The summed E-state index contributed by atoms with van der Waals surface area (Å²) < 4.78 is 0. The number of hydrogen-bond acceptors (Lipinski definition) is 2. The van der Waals surface area contributed by atoms with Crippen LogP contribution in [0.25, 0.3) is 10.8 Å². The minimum absolute atomic E-state index is 0.318. The lowest BCUT2D eigenvalue weighted by Crippen LogP contribution is -2.35. The molecule has 2 aromatic carbocycles. The molecule has 0 radical (unpaired) electrons. The predicted octanol–water partition coefficient (Wildman–Crippen LogP) is 3.72. The van der Waals surface area contributed by atoms with Gasteiger partial charge in [0.25, 0.3) is 11.8 Å². The summed E-state index contributed by atoms with van der Waals surface area (Å²) >= 11 is 6.32. The lowest BCUT2D eigenvalue weighted by atomic mass is 9.89. The number of halogens is 1. The second-order valence-electron chi connectivity index (χ2n) is 5.01. The molecule has 1 aliphatic heterocycles. The lowest BCUT2D eigenvalue weighted by Gasteiger charge is -2.20. The molecule has 3 nitrogen and oxygen atoms in total. The highest BCUT2D eigenvalue weighted by molar-refractivity contribution is 6.38. The molecule has 0 spiro atoms. The van der Waals surface area contributed by atoms with E-state index in [1.54, 1.807) is 12.1 Å². The van der Waals surface area contributed by atoms with Gasteiger partial charge in [-0.25, -0.2) is 0 Å². The molecular formula is C16H14ClNO2. The zero-order chi connectivity index (χ0) is 14.3. The fourth-order valence-electron chi connectivity index (χ4n) is 2.73. The molecule has 0 saturated carbocycles. The largest absolute Gasteiger partial charge is 0.288 e. The maximum Gasteiger partial charge on any atom is 0.259 e. The Balaban J connectivity index is 2.37. The minimum Gasteiger partial charge on any atom is -0.288 e. The smallest absolute Gasteiger partial charge is 0.259 e. The average molecular weight is 288 g/mol. The molecule has 1 aliphatic rings. The predicted molar refractivity (Wildman–Crippen MR) is 79.4 cm³/mol. The summed E-state index contributed by atoms with van der Waals surface area (Å²) in [5.41, 5.74) is 2.05. The molecule has 1 heterocycles. The number of amides is 2. The van der Waals surface area contributed by atoms with E-state index in [0.29, 0.717) is 21.5 Å². The molecule has 1 N–H and O–H groups in total. The van der Waals surface area contributed by atoms with Crippen molar-refractivity contribution in [2.75, 3.05) is 0 Å². The van der Waals surface area contributed by atoms with Crippen LogP contribution >= 0.6 is 11.6 Å². The van der Waals surface area contributed by atoms with Crippen LogP contribution < -0.4 is 5.32 Å². The van der Waals surface area contributed by atoms with Crippen molar-refractivity contribution in [3.63, 3.8) is 0 Å². The second-order valence-corrected chi connectivity index (χ2v) is 5.41. The standard InChI is InChI=1S/C16H14ClNO2/c1-2-3-5-9-8-12(17)10-6-4-7-11-14(10)13(9)16(20)18-15(11)19/h4,6-8H,2-3,5H2,1H3,(H,18,19,20). The molecular weight excluding hydrogens is 274 g/mol. The quantitative estimate of drug-likeness (QED) is 0.875. The minimum atomic E-state index is -0.350. The molecule has 0 atom stereocenters. The van der Waals surface area contributed by atoms with Gasteiger partial charge in [-0.05, 0) is 30.5 Å². The highest BCUT2D eigenvalue weighted by atomic mass is 35.5. The van der Waals surface area contributed by atoms with Crippen molar-refractivity contribution in [1.82, 2.24) is 5.32 Å². The molecule has 0 aromatic heterocycles. The van der Waals surface area contributed by atoms with Gasteiger partial charge in [0.15, 0.2) is 0 Å². The number of benzene rings is 2. The van der Waals surface area contributed by atoms with Crippen LogP contribution in [0.2, 0.25) is 5.02 Å². The topological polar surface area (TPSA) is 46.2 Å². The average Bonchev–Trinajstić information content (AvgIpc) is 2.43. The van der Waals surface area contributed by atoms with Gasteiger partial charge in [0.05, 0.1) is 5.56 Å². The Morgan fingerprint density at radius 2 is 2.00 bits per heavy atom. The molecule has 2 aromatic rings. The third kappa shape index (κ3) is 1.90. The molecule has 0 bridgehead atoms. The molecule has 0 saturated heterocycles. The summed E-state index contributed by atoms with van der Waals surface area (Å²) in [5, 5.41) is 4.47. The van der Waals surface area contributed by atoms with Gasteiger partial charge in [-0.15, -0.1) is 0 Å². The van der Waals surface area contributed by atoms with Crippen molar-refractivity contribution < 1.29 is 9.59 Å². The molecule has 0 aliphatic carbocycles. The van der Waals surface area contributed by atoms with Gasteiger partial charge in [-0.2, -0.15) is 0 Å². The van der Waals surface area contributed by atoms with Gasteiger partial charge in [0.2, 0.25) is 0 Å². The summed E-state index contributed by atoms with van der Waals surface area (Å²) in [6.07, 6.45) is 2.81. The van der Waals surface area contributed by atoms with Gasteiger partial charge < -0.3 is 0 Å². The van der Waals surface area contributed by atoms with Crippen molar-refractivity contribution in [3.05, 3.63) is 46.0 Å². The van der Waals surface area contributed by atoms with E-state index in [1.807, 2.05) is 12.1 Å². The van der Waals surface area contributed by atoms with Gasteiger partial charge in [-0.1, -0.05) is 37.1 Å². The first-order valence-electron chi connectivity index (χ1n) is 6.73. The number of imide groups is 1. The maximum atomic E-state index is 12.2. The van der Waals surface area contributed by atoms with Crippen molar-refractivity contribution in [2.24, 2.45) is 0 Å². The molecule has 2 amide bonds. The van der Waals surface area contributed by atoms with E-state index < -0.39 is 0 Å². The number of carbonyl (C=O) groups excluding carboxylic acids is 2. The van der Waals surface area contributed by atoms with Crippen molar-refractivity contribution in [2.45, 2.75) is 26.2 Å². The summed E-state index contributed by atoms with van der Waals surface area (Å²) in [7, 11) is 0.